The largest absolute Gasteiger partial charge is 0.491 e. The Morgan fingerprint density at radius 2 is 1.46 bits per heavy atom. The van der Waals surface area contributed by atoms with Crippen molar-refractivity contribution in [3.63, 3.8) is 0 Å². The Bertz CT molecular complexity index is 389. The van der Waals surface area contributed by atoms with Gasteiger partial charge in [-0.25, -0.2) is 0 Å². The number of hydrogen-bond donors (Lipinski definition) is 0. The molecule has 0 unspecified atom stereocenters. The Balaban J connectivity index is 2.04. The highest BCUT2D eigenvalue weighted by Gasteiger charge is 1.98. The Morgan fingerprint density at radius 3 is 2.12 bits per heavy atom. The highest BCUT2D eigenvalue weighted by molar-refractivity contribution is 5.27. The second-order valence-electron chi connectivity index (χ2n) is 6.78. The number of ether oxygens (including phenoxy) is 2. The number of rotatable bonds is 15. The predicted octanol–water partition coefficient (Wildman–Crippen LogP) is 4.94. The van der Waals surface area contributed by atoms with Crippen molar-refractivity contribution in [3.8, 4) is 5.75 Å². The molecule has 0 radical (unpaired) electrons. The summed E-state index contributed by atoms with van der Waals surface area (Å²) in [6.45, 7) is 5.24. The molecule has 0 amide bonds. The smallest absolute Gasteiger partial charge is 0.119 e. The quantitative estimate of drug-likeness (QED) is 0.424. The lowest BCUT2D eigenvalue weighted by molar-refractivity contribution is 0.0890. The van der Waals surface area contributed by atoms with E-state index in [0.717, 1.165) is 18.9 Å². The molecule has 0 fully saturated rings. The molecule has 3 heteroatoms. The van der Waals surface area contributed by atoms with Gasteiger partial charge in [0.05, 0.1) is 13.2 Å². The minimum atomic E-state index is 0.616. The lowest BCUT2D eigenvalue weighted by Crippen LogP contribution is -2.19. The van der Waals surface area contributed by atoms with Crippen molar-refractivity contribution in [1.29, 1.82) is 0 Å². The van der Waals surface area contributed by atoms with Crippen molar-refractivity contribution >= 4 is 0 Å². The van der Waals surface area contributed by atoms with E-state index in [9.17, 15) is 0 Å². The molecule has 1 aromatic carbocycles. The molecule has 0 atom stereocenters. The molecule has 1 aromatic rings. The van der Waals surface area contributed by atoms with Crippen molar-refractivity contribution in [2.45, 2.75) is 58.3 Å². The van der Waals surface area contributed by atoms with Crippen LogP contribution in [0, 0.1) is 0 Å². The Kier molecular flexibility index (Phi) is 12.5. The van der Waals surface area contributed by atoms with Crippen LogP contribution in [0.15, 0.2) is 24.3 Å². The number of likely N-dealkylation sites (N-methyl/N-ethyl adjacent to an activating group) is 1. The highest BCUT2D eigenvalue weighted by atomic mass is 16.5. The molecule has 0 aliphatic heterocycles. The number of hydrogen-bond acceptors (Lipinski definition) is 3. The third-order valence-electron chi connectivity index (χ3n) is 4.17. The van der Waals surface area contributed by atoms with E-state index in [0.29, 0.717) is 13.2 Å². The van der Waals surface area contributed by atoms with Crippen LogP contribution in [0.2, 0.25) is 0 Å². The van der Waals surface area contributed by atoms with Crippen molar-refractivity contribution in [2.24, 2.45) is 0 Å². The van der Waals surface area contributed by atoms with E-state index in [1.165, 1.54) is 56.9 Å². The van der Waals surface area contributed by atoms with Crippen LogP contribution in [-0.4, -0.2) is 45.4 Å². The number of benzene rings is 1. The molecule has 1 rings (SSSR count). The summed E-state index contributed by atoms with van der Waals surface area (Å²) >= 11 is 0. The van der Waals surface area contributed by atoms with E-state index >= 15 is 0 Å². The van der Waals surface area contributed by atoms with Gasteiger partial charge in [0.25, 0.3) is 0 Å². The number of aryl methyl sites for hydroxylation is 1. The topological polar surface area (TPSA) is 21.7 Å². The molecule has 0 aliphatic rings. The van der Waals surface area contributed by atoms with Crippen molar-refractivity contribution in [3.05, 3.63) is 29.8 Å². The summed E-state index contributed by atoms with van der Waals surface area (Å²) in [5, 5.41) is 0. The summed E-state index contributed by atoms with van der Waals surface area (Å²) in [4.78, 5) is 2.12. The second-order valence-corrected chi connectivity index (χ2v) is 6.78. The lowest BCUT2D eigenvalue weighted by atomic mass is 10.0. The maximum atomic E-state index is 5.71. The molecule has 138 valence electrons. The molecule has 0 aromatic heterocycles. The van der Waals surface area contributed by atoms with Gasteiger partial charge in [-0.1, -0.05) is 57.6 Å². The van der Waals surface area contributed by atoms with Crippen LogP contribution in [0.5, 0.6) is 5.75 Å². The first-order valence-corrected chi connectivity index (χ1v) is 9.66. The molecule has 24 heavy (non-hydrogen) atoms. The van der Waals surface area contributed by atoms with E-state index in [2.05, 4.69) is 36.1 Å². The van der Waals surface area contributed by atoms with E-state index in [-0.39, 0.29) is 0 Å². The summed E-state index contributed by atoms with van der Waals surface area (Å²) in [5.41, 5.74) is 1.41. The first-order valence-electron chi connectivity index (χ1n) is 9.66. The van der Waals surface area contributed by atoms with E-state index < -0.39 is 0 Å². The lowest BCUT2D eigenvalue weighted by Gasteiger charge is -2.11. The van der Waals surface area contributed by atoms with Crippen LogP contribution in [0.4, 0.5) is 0 Å². The Labute approximate surface area is 149 Å². The molecule has 0 heterocycles. The minimum absolute atomic E-state index is 0.616. The minimum Gasteiger partial charge on any atom is -0.491 e. The fourth-order valence-electron chi connectivity index (χ4n) is 2.61. The van der Waals surface area contributed by atoms with E-state index in [1.807, 2.05) is 14.1 Å². The van der Waals surface area contributed by atoms with Crippen LogP contribution in [0.1, 0.15) is 57.4 Å². The summed E-state index contributed by atoms with van der Waals surface area (Å²) < 4.78 is 11.2. The molecule has 3 nitrogen and oxygen atoms in total. The number of unbranched alkanes of at least 4 members (excludes halogenated alkanes) is 6. The summed E-state index contributed by atoms with van der Waals surface area (Å²) in [5.74, 6) is 0.939. The van der Waals surface area contributed by atoms with Gasteiger partial charge in [0.15, 0.2) is 0 Å². The average molecular weight is 336 g/mol. The van der Waals surface area contributed by atoms with Gasteiger partial charge in [-0.15, -0.1) is 0 Å². The standard InChI is InChI=1S/C21H37NO2/c1-4-5-6-7-8-9-10-11-20-12-14-21(15-13-20)24-19-18-23-17-16-22(2)3/h12-15H,4-11,16-19H2,1-3H3. The van der Waals surface area contributed by atoms with Gasteiger partial charge in [-0.3, -0.25) is 0 Å². The highest BCUT2D eigenvalue weighted by Crippen LogP contribution is 2.15. The first-order chi connectivity index (χ1) is 11.7. The summed E-state index contributed by atoms with van der Waals surface area (Å²) in [7, 11) is 4.10. The Morgan fingerprint density at radius 1 is 0.792 bits per heavy atom. The molecular weight excluding hydrogens is 298 g/mol. The van der Waals surface area contributed by atoms with Gasteiger partial charge in [0, 0.05) is 6.54 Å². The van der Waals surface area contributed by atoms with E-state index in [1.54, 1.807) is 0 Å². The predicted molar refractivity (Wildman–Crippen MR) is 103 cm³/mol. The van der Waals surface area contributed by atoms with Gasteiger partial charge < -0.3 is 14.4 Å². The first kappa shape index (κ1) is 21.0. The molecule has 0 aliphatic carbocycles. The van der Waals surface area contributed by atoms with Gasteiger partial charge in [0.1, 0.15) is 12.4 Å². The molecule has 0 bridgehead atoms. The van der Waals surface area contributed by atoms with Gasteiger partial charge >= 0.3 is 0 Å². The monoisotopic (exact) mass is 335 g/mol. The third-order valence-corrected chi connectivity index (χ3v) is 4.17. The molecule has 0 N–H and O–H groups in total. The van der Waals surface area contributed by atoms with Gasteiger partial charge in [-0.05, 0) is 44.6 Å². The zero-order valence-electron chi connectivity index (χ0n) is 16.1. The molecular formula is C21H37NO2. The summed E-state index contributed by atoms with van der Waals surface area (Å²) in [6.07, 6.45) is 10.7. The van der Waals surface area contributed by atoms with Crippen LogP contribution in [0.3, 0.4) is 0 Å². The Hall–Kier alpha value is -1.06. The maximum Gasteiger partial charge on any atom is 0.119 e. The SMILES string of the molecule is CCCCCCCCCc1ccc(OCCOCCN(C)C)cc1. The van der Waals surface area contributed by atoms with Crippen molar-refractivity contribution in [1.82, 2.24) is 4.90 Å². The van der Waals surface area contributed by atoms with Crippen molar-refractivity contribution in [2.75, 3.05) is 40.5 Å². The zero-order valence-corrected chi connectivity index (χ0v) is 16.1. The zero-order chi connectivity index (χ0) is 17.5. The molecule has 0 saturated carbocycles. The number of nitrogens with zero attached hydrogens (tertiary/aromatic N) is 1. The van der Waals surface area contributed by atoms with Gasteiger partial charge in [0.2, 0.25) is 0 Å². The van der Waals surface area contributed by atoms with Crippen LogP contribution in [-0.2, 0) is 11.2 Å². The molecule has 0 saturated heterocycles. The van der Waals surface area contributed by atoms with E-state index in [4.69, 9.17) is 9.47 Å². The average Bonchev–Trinajstić information content (AvgIpc) is 2.58. The summed E-state index contributed by atoms with van der Waals surface area (Å²) in [6, 6.07) is 8.55. The van der Waals surface area contributed by atoms with Gasteiger partial charge in [-0.2, -0.15) is 0 Å². The normalized spacial score (nSPS) is 11.2. The van der Waals surface area contributed by atoms with Crippen LogP contribution < -0.4 is 4.74 Å². The fraction of sp³-hybridized carbons (Fsp3) is 0.714. The fourth-order valence-corrected chi connectivity index (χ4v) is 2.61. The maximum absolute atomic E-state index is 5.71. The van der Waals surface area contributed by atoms with Crippen LogP contribution >= 0.6 is 0 Å². The second kappa shape index (κ2) is 14.3. The third kappa shape index (κ3) is 11.5. The van der Waals surface area contributed by atoms with Crippen molar-refractivity contribution < 1.29 is 9.47 Å². The molecule has 0 spiro atoms. The van der Waals surface area contributed by atoms with Crippen LogP contribution in [0.25, 0.3) is 0 Å².